The van der Waals surface area contributed by atoms with E-state index < -0.39 is 21.0 Å². The van der Waals surface area contributed by atoms with Gasteiger partial charge in [-0.05, 0) is 31.2 Å². The van der Waals surface area contributed by atoms with Gasteiger partial charge in [-0.2, -0.15) is 0 Å². The molecule has 1 heterocycles. The summed E-state index contributed by atoms with van der Waals surface area (Å²) >= 11 is 0. The number of hydrogen-bond acceptors (Lipinski definition) is 5. The number of rotatable bonds is 5. The van der Waals surface area contributed by atoms with Gasteiger partial charge in [0.25, 0.3) is 5.69 Å². The number of hydrogen-bond donors (Lipinski definition) is 1. The Morgan fingerprint density at radius 2 is 1.86 bits per heavy atom. The first-order valence-electron chi connectivity index (χ1n) is 6.08. The number of non-ortho nitro benzene ring substituents is 1. The lowest BCUT2D eigenvalue weighted by molar-refractivity contribution is -0.384. The van der Waals surface area contributed by atoms with Crippen LogP contribution in [0.15, 0.2) is 53.6 Å². The Morgan fingerprint density at radius 3 is 2.38 bits per heavy atom. The number of nitro benzene ring substituents is 1. The quantitative estimate of drug-likeness (QED) is 0.672. The number of nitro groups is 1. The molecule has 0 unspecified atom stereocenters. The summed E-state index contributed by atoms with van der Waals surface area (Å²) in [5.41, 5.74) is 0.426. The molecule has 1 atom stereocenters. The summed E-state index contributed by atoms with van der Waals surface area (Å²) in [5, 5.41) is 10.6. The molecule has 0 saturated carbocycles. The lowest BCUT2D eigenvalue weighted by Crippen LogP contribution is -2.27. The molecule has 8 heteroatoms. The van der Waals surface area contributed by atoms with Crippen LogP contribution in [0.3, 0.4) is 0 Å². The highest BCUT2D eigenvalue weighted by molar-refractivity contribution is 7.89. The molecule has 0 bridgehead atoms. The molecular weight excluding hydrogens is 294 g/mol. The molecule has 0 spiro atoms. The van der Waals surface area contributed by atoms with Crippen LogP contribution in [0.5, 0.6) is 0 Å². The number of aromatic nitrogens is 1. The van der Waals surface area contributed by atoms with Crippen molar-refractivity contribution in [3.8, 4) is 0 Å². The van der Waals surface area contributed by atoms with Gasteiger partial charge in [-0.25, -0.2) is 13.1 Å². The highest BCUT2D eigenvalue weighted by atomic mass is 32.2. The first-order chi connectivity index (χ1) is 9.90. The first kappa shape index (κ1) is 15.1. The topological polar surface area (TPSA) is 102 Å². The molecule has 1 aromatic carbocycles. The van der Waals surface area contributed by atoms with Gasteiger partial charge >= 0.3 is 0 Å². The van der Waals surface area contributed by atoms with Crippen LogP contribution in [0.2, 0.25) is 0 Å². The molecule has 2 rings (SSSR count). The highest BCUT2D eigenvalue weighted by Gasteiger charge is 2.19. The van der Waals surface area contributed by atoms with Crippen LogP contribution in [0, 0.1) is 10.1 Å². The van der Waals surface area contributed by atoms with Crippen molar-refractivity contribution < 1.29 is 13.3 Å². The zero-order valence-electron chi connectivity index (χ0n) is 11.1. The number of sulfonamides is 1. The third-order valence-corrected chi connectivity index (χ3v) is 4.38. The largest absolute Gasteiger partial charge is 0.269 e. The predicted molar refractivity (Wildman–Crippen MR) is 76.1 cm³/mol. The Labute approximate surface area is 121 Å². The van der Waals surface area contributed by atoms with E-state index in [1.54, 1.807) is 31.3 Å². The average molecular weight is 307 g/mol. The minimum absolute atomic E-state index is 0.0316. The molecule has 1 aromatic heterocycles. The van der Waals surface area contributed by atoms with Gasteiger partial charge in [-0.15, -0.1) is 0 Å². The lowest BCUT2D eigenvalue weighted by Gasteiger charge is -2.13. The Hall–Kier alpha value is -2.32. The lowest BCUT2D eigenvalue weighted by atomic mass is 10.2. The summed E-state index contributed by atoms with van der Waals surface area (Å²) in [6, 6.07) is 9.41. The van der Waals surface area contributed by atoms with Crippen LogP contribution < -0.4 is 4.72 Å². The molecule has 1 N–H and O–H groups in total. The average Bonchev–Trinajstić information content (AvgIpc) is 2.48. The van der Waals surface area contributed by atoms with Crippen molar-refractivity contribution in [1.29, 1.82) is 0 Å². The summed E-state index contributed by atoms with van der Waals surface area (Å²) in [6.45, 7) is 1.67. The van der Waals surface area contributed by atoms with Gasteiger partial charge in [-0.3, -0.25) is 15.1 Å². The standard InChI is InChI=1S/C13H13N3O4S/c1-10(13-4-2-3-9-14-13)15-21(19,20)12-7-5-11(6-8-12)16(17)18/h2-10,15H,1H3/t10-/m0/s1. The minimum atomic E-state index is -3.76. The Morgan fingerprint density at radius 1 is 1.19 bits per heavy atom. The number of benzene rings is 1. The summed E-state index contributed by atoms with van der Waals surface area (Å²) in [6.07, 6.45) is 1.58. The van der Waals surface area contributed by atoms with Crippen molar-refractivity contribution in [2.75, 3.05) is 0 Å². The molecular formula is C13H13N3O4S. The minimum Gasteiger partial charge on any atom is -0.260 e. The van der Waals surface area contributed by atoms with Gasteiger partial charge in [0.15, 0.2) is 0 Å². The SMILES string of the molecule is C[C@H](NS(=O)(=O)c1ccc([N+](=O)[O-])cc1)c1ccccn1. The highest BCUT2D eigenvalue weighted by Crippen LogP contribution is 2.18. The molecule has 0 saturated heterocycles. The maximum absolute atomic E-state index is 12.2. The van der Waals surface area contributed by atoms with Crippen molar-refractivity contribution in [1.82, 2.24) is 9.71 Å². The fourth-order valence-electron chi connectivity index (χ4n) is 1.74. The van der Waals surface area contributed by atoms with Crippen LogP contribution in [-0.4, -0.2) is 18.3 Å². The Balaban J connectivity index is 2.20. The molecule has 0 aliphatic heterocycles. The summed E-state index contributed by atoms with van der Waals surface area (Å²) in [4.78, 5) is 14.0. The first-order valence-corrected chi connectivity index (χ1v) is 7.56. The maximum Gasteiger partial charge on any atom is 0.269 e. The van der Waals surface area contributed by atoms with Gasteiger partial charge in [0.2, 0.25) is 10.0 Å². The van der Waals surface area contributed by atoms with E-state index in [9.17, 15) is 18.5 Å². The summed E-state index contributed by atoms with van der Waals surface area (Å²) < 4.78 is 26.9. The van der Waals surface area contributed by atoms with Crippen LogP contribution in [-0.2, 0) is 10.0 Å². The number of nitrogens with one attached hydrogen (secondary N) is 1. The molecule has 0 aliphatic rings. The molecule has 110 valence electrons. The maximum atomic E-state index is 12.2. The molecule has 2 aromatic rings. The van der Waals surface area contributed by atoms with Crippen LogP contribution in [0.4, 0.5) is 5.69 Å². The van der Waals surface area contributed by atoms with Crippen molar-refractivity contribution in [2.45, 2.75) is 17.9 Å². The van der Waals surface area contributed by atoms with Gasteiger partial charge in [-0.1, -0.05) is 6.07 Å². The molecule has 7 nitrogen and oxygen atoms in total. The second kappa shape index (κ2) is 5.98. The zero-order chi connectivity index (χ0) is 15.5. The fourth-order valence-corrected chi connectivity index (χ4v) is 2.96. The van der Waals surface area contributed by atoms with Crippen LogP contribution >= 0.6 is 0 Å². The monoisotopic (exact) mass is 307 g/mol. The molecule has 0 radical (unpaired) electrons. The van der Waals surface area contributed by atoms with Gasteiger partial charge < -0.3 is 0 Å². The van der Waals surface area contributed by atoms with Crippen molar-refractivity contribution in [2.24, 2.45) is 0 Å². The molecule has 0 fully saturated rings. The van der Waals surface area contributed by atoms with E-state index in [0.717, 1.165) is 12.1 Å². The summed E-state index contributed by atoms with van der Waals surface area (Å²) in [5.74, 6) is 0. The molecule has 0 amide bonds. The fraction of sp³-hybridized carbons (Fsp3) is 0.154. The molecule has 0 aliphatic carbocycles. The van der Waals surface area contributed by atoms with E-state index in [0.29, 0.717) is 5.69 Å². The van der Waals surface area contributed by atoms with Crippen molar-refractivity contribution in [3.05, 3.63) is 64.5 Å². The van der Waals surface area contributed by atoms with E-state index in [1.807, 2.05) is 0 Å². The third kappa shape index (κ3) is 3.61. The second-order valence-electron chi connectivity index (χ2n) is 4.35. The van der Waals surface area contributed by atoms with E-state index in [4.69, 9.17) is 0 Å². The van der Waals surface area contributed by atoms with Crippen LogP contribution in [0.25, 0.3) is 0 Å². The predicted octanol–water partition coefficient (Wildman–Crippen LogP) is 2.03. The number of nitrogens with zero attached hydrogens (tertiary/aromatic N) is 2. The second-order valence-corrected chi connectivity index (χ2v) is 6.06. The number of pyridine rings is 1. The molecule has 21 heavy (non-hydrogen) atoms. The normalized spacial score (nSPS) is 12.8. The zero-order valence-corrected chi connectivity index (χ0v) is 11.9. The van der Waals surface area contributed by atoms with Gasteiger partial charge in [0, 0.05) is 18.3 Å². The van der Waals surface area contributed by atoms with Crippen molar-refractivity contribution in [3.63, 3.8) is 0 Å². The van der Waals surface area contributed by atoms with Crippen LogP contribution in [0.1, 0.15) is 18.7 Å². The smallest absolute Gasteiger partial charge is 0.260 e. The van der Waals surface area contributed by atoms with Gasteiger partial charge in [0.1, 0.15) is 0 Å². The van der Waals surface area contributed by atoms with Crippen molar-refractivity contribution >= 4 is 15.7 Å². The Bertz CT molecular complexity index is 730. The van der Waals surface area contributed by atoms with E-state index in [1.165, 1.54) is 12.1 Å². The van der Waals surface area contributed by atoms with E-state index in [-0.39, 0.29) is 10.6 Å². The van der Waals surface area contributed by atoms with E-state index >= 15 is 0 Å². The van der Waals surface area contributed by atoms with E-state index in [2.05, 4.69) is 9.71 Å². The summed E-state index contributed by atoms with van der Waals surface area (Å²) in [7, 11) is -3.76. The third-order valence-electron chi connectivity index (χ3n) is 2.82. The Kier molecular flexibility index (Phi) is 4.29. The van der Waals surface area contributed by atoms with Gasteiger partial charge in [0.05, 0.1) is 21.6 Å².